The molecule has 5 rings (SSSR count). The normalized spacial score (nSPS) is 16.5. The number of carbonyl (C=O) groups is 1. The van der Waals surface area contributed by atoms with Crippen molar-refractivity contribution in [3.8, 4) is 5.75 Å². The molecule has 32 heavy (non-hydrogen) atoms. The number of amides is 1. The number of carbonyl (C=O) groups excluding carboxylic acids is 1. The van der Waals surface area contributed by atoms with Crippen LogP contribution in [-0.4, -0.2) is 34.6 Å². The van der Waals surface area contributed by atoms with E-state index in [0.717, 1.165) is 28.9 Å². The number of amidine groups is 1. The summed E-state index contributed by atoms with van der Waals surface area (Å²) in [5.41, 5.74) is 4.12. The number of H-pyrrole nitrogens is 1. The van der Waals surface area contributed by atoms with E-state index in [0.29, 0.717) is 16.6 Å². The largest absolute Gasteiger partial charge is 0.497 e. The number of para-hydroxylation sites is 1. The minimum atomic E-state index is -0.00620. The van der Waals surface area contributed by atoms with E-state index in [2.05, 4.69) is 17.1 Å². The molecule has 0 saturated carbocycles. The number of methoxy groups -OCH3 is 1. The molecule has 2 aromatic heterocycles. The number of aromatic nitrogens is 1. The van der Waals surface area contributed by atoms with E-state index < -0.39 is 0 Å². The Morgan fingerprint density at radius 2 is 1.97 bits per heavy atom. The van der Waals surface area contributed by atoms with Gasteiger partial charge in [0.2, 0.25) is 0 Å². The van der Waals surface area contributed by atoms with Gasteiger partial charge in [0.05, 0.1) is 17.7 Å². The zero-order chi connectivity index (χ0) is 21.9. The molecule has 1 N–H and O–H groups in total. The maximum Gasteiger partial charge on any atom is 0.266 e. The Labute approximate surface area is 194 Å². The van der Waals surface area contributed by atoms with Crippen LogP contribution in [0.5, 0.6) is 5.75 Å². The molecule has 7 heteroatoms. The van der Waals surface area contributed by atoms with Crippen LogP contribution >= 0.6 is 23.1 Å². The van der Waals surface area contributed by atoms with Crippen molar-refractivity contribution >= 4 is 56.8 Å². The highest BCUT2D eigenvalue weighted by Crippen LogP contribution is 2.35. The fourth-order valence-electron chi connectivity index (χ4n) is 3.63. The minimum Gasteiger partial charge on any atom is -0.497 e. The van der Waals surface area contributed by atoms with E-state index in [-0.39, 0.29) is 5.91 Å². The van der Waals surface area contributed by atoms with Crippen molar-refractivity contribution in [3.63, 3.8) is 0 Å². The SMILES string of the molecule is COc1ccc(N=C2S/C(=C\c3ccsc3)C(=O)N2CCc2c[nH]c3ccccc23)cc1. The maximum atomic E-state index is 13.3. The first kappa shape index (κ1) is 20.6. The van der Waals surface area contributed by atoms with Crippen LogP contribution in [-0.2, 0) is 11.2 Å². The zero-order valence-electron chi connectivity index (χ0n) is 17.4. The Hall–Kier alpha value is -3.29. The van der Waals surface area contributed by atoms with E-state index >= 15 is 0 Å². The number of rotatable bonds is 6. The van der Waals surface area contributed by atoms with Crippen LogP contribution in [0.4, 0.5) is 5.69 Å². The minimum absolute atomic E-state index is 0.00620. The number of nitrogens with one attached hydrogen (secondary N) is 1. The molecular weight excluding hydrogens is 438 g/mol. The number of fused-ring (bicyclic) bond motifs is 1. The molecule has 2 aromatic carbocycles. The molecule has 1 amide bonds. The Kier molecular flexibility index (Phi) is 5.83. The molecule has 1 fully saturated rings. The van der Waals surface area contributed by atoms with Crippen molar-refractivity contribution in [1.29, 1.82) is 0 Å². The van der Waals surface area contributed by atoms with Crippen molar-refractivity contribution in [3.05, 3.63) is 87.6 Å². The molecule has 1 aliphatic heterocycles. The van der Waals surface area contributed by atoms with Gasteiger partial charge in [0, 0.05) is 23.6 Å². The van der Waals surface area contributed by atoms with Crippen molar-refractivity contribution < 1.29 is 9.53 Å². The molecule has 0 unspecified atom stereocenters. The smallest absolute Gasteiger partial charge is 0.266 e. The lowest BCUT2D eigenvalue weighted by atomic mass is 10.1. The first-order valence-electron chi connectivity index (χ1n) is 10.2. The van der Waals surface area contributed by atoms with Crippen LogP contribution in [0.15, 0.2) is 81.5 Å². The molecule has 0 radical (unpaired) electrons. The van der Waals surface area contributed by atoms with Crippen molar-refractivity contribution in [1.82, 2.24) is 9.88 Å². The third-order valence-corrected chi connectivity index (χ3v) is 7.01. The summed E-state index contributed by atoms with van der Waals surface area (Å²) in [6.45, 7) is 0.559. The highest BCUT2D eigenvalue weighted by atomic mass is 32.2. The van der Waals surface area contributed by atoms with E-state index in [1.165, 1.54) is 22.7 Å². The Bertz CT molecular complexity index is 1300. The van der Waals surface area contributed by atoms with Gasteiger partial charge in [0.25, 0.3) is 5.91 Å². The van der Waals surface area contributed by atoms with Gasteiger partial charge < -0.3 is 9.72 Å². The van der Waals surface area contributed by atoms with Crippen molar-refractivity contribution in [2.75, 3.05) is 13.7 Å². The molecule has 0 bridgehead atoms. The van der Waals surface area contributed by atoms with E-state index in [1.807, 2.05) is 65.5 Å². The van der Waals surface area contributed by atoms with Crippen molar-refractivity contribution in [2.24, 2.45) is 4.99 Å². The number of nitrogens with zero attached hydrogens (tertiary/aromatic N) is 2. The molecule has 160 valence electrons. The number of aliphatic imine (C=N–C) groups is 1. The molecular formula is C25H21N3O2S2. The maximum absolute atomic E-state index is 13.3. The first-order valence-corrected chi connectivity index (χ1v) is 12.0. The third-order valence-electron chi connectivity index (χ3n) is 5.31. The number of benzene rings is 2. The Balaban J connectivity index is 1.44. The van der Waals surface area contributed by atoms with Gasteiger partial charge in [0.15, 0.2) is 5.17 Å². The standard InChI is InChI=1S/C25H21N3O2S2/c1-30-20-8-6-19(7-9-20)27-25-28(24(29)23(32-25)14-17-11-13-31-16-17)12-10-18-15-26-22-5-3-2-4-21(18)22/h2-9,11,13-16,26H,10,12H2,1H3/b23-14-,27-25?. The van der Waals surface area contributed by atoms with E-state index in [1.54, 1.807) is 23.3 Å². The van der Waals surface area contributed by atoms with Gasteiger partial charge in [-0.1, -0.05) is 18.2 Å². The summed E-state index contributed by atoms with van der Waals surface area (Å²) in [7, 11) is 1.64. The zero-order valence-corrected chi connectivity index (χ0v) is 19.1. The predicted octanol–water partition coefficient (Wildman–Crippen LogP) is 6.08. The highest BCUT2D eigenvalue weighted by molar-refractivity contribution is 8.18. The van der Waals surface area contributed by atoms with Crippen LogP contribution < -0.4 is 4.74 Å². The molecule has 3 heterocycles. The molecule has 0 aliphatic carbocycles. The lowest BCUT2D eigenvalue weighted by molar-refractivity contribution is -0.122. The number of thiophene rings is 1. The number of hydrogen-bond donors (Lipinski definition) is 1. The first-order chi connectivity index (χ1) is 15.7. The molecule has 1 saturated heterocycles. The van der Waals surface area contributed by atoms with Gasteiger partial charge in [-0.15, -0.1) is 0 Å². The third kappa shape index (κ3) is 4.22. The van der Waals surface area contributed by atoms with Crippen molar-refractivity contribution in [2.45, 2.75) is 6.42 Å². The summed E-state index contributed by atoms with van der Waals surface area (Å²) in [4.78, 5) is 23.9. The van der Waals surface area contributed by atoms with E-state index in [9.17, 15) is 4.79 Å². The molecule has 1 aliphatic rings. The fourth-order valence-corrected chi connectivity index (χ4v) is 5.28. The Morgan fingerprint density at radius 3 is 2.75 bits per heavy atom. The van der Waals surface area contributed by atoms with Crippen LogP contribution in [0, 0.1) is 0 Å². The summed E-state index contributed by atoms with van der Waals surface area (Å²) in [6.07, 6.45) is 4.71. The topological polar surface area (TPSA) is 57.7 Å². The Morgan fingerprint density at radius 1 is 1.12 bits per heavy atom. The van der Waals surface area contributed by atoms with Gasteiger partial charge >= 0.3 is 0 Å². The number of hydrogen-bond acceptors (Lipinski definition) is 5. The molecule has 4 aromatic rings. The highest BCUT2D eigenvalue weighted by Gasteiger charge is 2.33. The number of aromatic amines is 1. The average Bonchev–Trinajstić information content (AvgIpc) is 3.54. The summed E-state index contributed by atoms with van der Waals surface area (Å²) in [5, 5.41) is 5.93. The summed E-state index contributed by atoms with van der Waals surface area (Å²) < 4.78 is 5.24. The van der Waals surface area contributed by atoms with E-state index in [4.69, 9.17) is 9.73 Å². The van der Waals surface area contributed by atoms with Gasteiger partial charge in [-0.2, -0.15) is 11.3 Å². The number of thioether (sulfide) groups is 1. The second kappa shape index (κ2) is 9.06. The number of ether oxygens (including phenoxy) is 1. The summed E-state index contributed by atoms with van der Waals surface area (Å²) in [5.74, 6) is 0.770. The second-order valence-electron chi connectivity index (χ2n) is 7.33. The predicted molar refractivity (Wildman–Crippen MR) is 134 cm³/mol. The molecule has 0 spiro atoms. The van der Waals surface area contributed by atoms with Crippen LogP contribution in [0.3, 0.4) is 0 Å². The average molecular weight is 460 g/mol. The fraction of sp³-hybridized carbons (Fsp3) is 0.120. The van der Waals surface area contributed by atoms with Crippen LogP contribution in [0.25, 0.3) is 17.0 Å². The summed E-state index contributed by atoms with van der Waals surface area (Å²) in [6, 6.07) is 17.8. The lowest BCUT2D eigenvalue weighted by Crippen LogP contribution is -2.31. The monoisotopic (exact) mass is 459 g/mol. The van der Waals surface area contributed by atoms with Gasteiger partial charge in [-0.25, -0.2) is 4.99 Å². The molecule has 5 nitrogen and oxygen atoms in total. The van der Waals surface area contributed by atoms with Gasteiger partial charge in [-0.05, 0) is 82.5 Å². The second-order valence-corrected chi connectivity index (χ2v) is 9.12. The van der Waals surface area contributed by atoms with Gasteiger partial charge in [0.1, 0.15) is 5.75 Å². The molecule has 0 atom stereocenters. The van der Waals surface area contributed by atoms with Crippen LogP contribution in [0.2, 0.25) is 0 Å². The quantitative estimate of drug-likeness (QED) is 0.355. The lowest BCUT2D eigenvalue weighted by Gasteiger charge is -2.15. The van der Waals surface area contributed by atoms with Crippen LogP contribution in [0.1, 0.15) is 11.1 Å². The van der Waals surface area contributed by atoms with Gasteiger partial charge in [-0.3, -0.25) is 9.69 Å². The summed E-state index contributed by atoms with van der Waals surface area (Å²) >= 11 is 3.04.